The summed E-state index contributed by atoms with van der Waals surface area (Å²) in [5.41, 5.74) is 1.13. The molecular formula is C18H20N2O5. The van der Waals surface area contributed by atoms with Crippen LogP contribution in [0.25, 0.3) is 0 Å². The lowest BCUT2D eigenvalue weighted by Gasteiger charge is -2.17. The highest BCUT2D eigenvalue weighted by atomic mass is 16.6. The first-order chi connectivity index (χ1) is 11.9. The minimum Gasteiger partial charge on any atom is -0.492 e. The van der Waals surface area contributed by atoms with Gasteiger partial charge in [-0.05, 0) is 31.2 Å². The van der Waals surface area contributed by atoms with Gasteiger partial charge < -0.3 is 14.4 Å². The van der Waals surface area contributed by atoms with Crippen LogP contribution < -0.4 is 9.47 Å². The van der Waals surface area contributed by atoms with Crippen LogP contribution in [-0.4, -0.2) is 43.0 Å². The molecule has 0 N–H and O–H groups in total. The molecule has 0 aliphatic rings. The first kappa shape index (κ1) is 18.3. The Hall–Kier alpha value is -3.09. The monoisotopic (exact) mass is 344 g/mol. The third kappa shape index (κ3) is 4.69. The number of amides is 1. The lowest BCUT2D eigenvalue weighted by atomic mass is 10.1. The van der Waals surface area contributed by atoms with Crippen molar-refractivity contribution in [3.8, 4) is 11.5 Å². The van der Waals surface area contributed by atoms with Gasteiger partial charge in [-0.2, -0.15) is 0 Å². The molecule has 25 heavy (non-hydrogen) atoms. The van der Waals surface area contributed by atoms with Crippen LogP contribution in [0.1, 0.15) is 15.9 Å². The Morgan fingerprint density at radius 2 is 1.88 bits per heavy atom. The fourth-order valence-corrected chi connectivity index (χ4v) is 2.22. The number of ether oxygens (including phenoxy) is 2. The van der Waals surface area contributed by atoms with Gasteiger partial charge in [0, 0.05) is 18.7 Å². The second-order valence-electron chi connectivity index (χ2n) is 5.53. The predicted octanol–water partition coefficient (Wildman–Crippen LogP) is 3.06. The Morgan fingerprint density at radius 3 is 2.48 bits per heavy atom. The minimum atomic E-state index is -0.573. The van der Waals surface area contributed by atoms with Crippen LogP contribution in [0.4, 0.5) is 5.69 Å². The molecule has 0 unspecified atom stereocenters. The smallest absolute Gasteiger partial charge is 0.311 e. The number of benzene rings is 2. The quantitative estimate of drug-likeness (QED) is 0.569. The molecule has 0 heterocycles. The Balaban J connectivity index is 1.98. The lowest BCUT2D eigenvalue weighted by molar-refractivity contribution is -0.385. The van der Waals surface area contributed by atoms with Crippen molar-refractivity contribution in [1.82, 2.24) is 4.90 Å². The molecule has 0 aliphatic carbocycles. The van der Waals surface area contributed by atoms with Crippen LogP contribution in [0.5, 0.6) is 11.5 Å². The molecule has 0 atom stereocenters. The van der Waals surface area contributed by atoms with Gasteiger partial charge in [0.2, 0.25) is 0 Å². The van der Waals surface area contributed by atoms with E-state index >= 15 is 0 Å². The van der Waals surface area contributed by atoms with E-state index in [-0.39, 0.29) is 22.9 Å². The molecule has 2 rings (SSSR count). The van der Waals surface area contributed by atoms with Crippen LogP contribution in [0.2, 0.25) is 0 Å². The predicted molar refractivity (Wildman–Crippen MR) is 93.3 cm³/mol. The van der Waals surface area contributed by atoms with Crippen LogP contribution in [-0.2, 0) is 0 Å². The average molecular weight is 344 g/mol. The van der Waals surface area contributed by atoms with Crippen molar-refractivity contribution < 1.29 is 19.2 Å². The van der Waals surface area contributed by atoms with Crippen molar-refractivity contribution in [3.05, 3.63) is 63.7 Å². The van der Waals surface area contributed by atoms with Crippen molar-refractivity contribution in [2.75, 3.05) is 27.3 Å². The number of aryl methyl sites for hydroxylation is 1. The first-order valence-corrected chi connectivity index (χ1v) is 7.69. The number of methoxy groups -OCH3 is 1. The first-order valence-electron chi connectivity index (χ1n) is 7.69. The number of carbonyl (C=O) groups is 1. The van der Waals surface area contributed by atoms with Gasteiger partial charge in [-0.1, -0.05) is 17.7 Å². The molecule has 2 aromatic rings. The maximum atomic E-state index is 12.4. The number of likely N-dealkylation sites (N-methyl/N-ethyl adjacent to an activating group) is 1. The fraction of sp³-hybridized carbons (Fsp3) is 0.278. The minimum absolute atomic E-state index is 0.118. The molecule has 0 bridgehead atoms. The zero-order valence-electron chi connectivity index (χ0n) is 14.4. The SMILES string of the molecule is COc1ccc(C(=O)N(C)CCOc2ccc(C)cc2)cc1[N+](=O)[O-]. The van der Waals surface area contributed by atoms with Gasteiger partial charge >= 0.3 is 5.69 Å². The summed E-state index contributed by atoms with van der Waals surface area (Å²) in [6.45, 7) is 2.67. The Bertz CT molecular complexity index is 759. The Kier molecular flexibility index (Phi) is 5.94. The molecule has 7 heteroatoms. The molecule has 0 spiro atoms. The van der Waals surface area contributed by atoms with Crippen LogP contribution in [0.15, 0.2) is 42.5 Å². The molecule has 7 nitrogen and oxygen atoms in total. The molecule has 1 amide bonds. The highest BCUT2D eigenvalue weighted by Crippen LogP contribution is 2.27. The number of rotatable bonds is 7. The van der Waals surface area contributed by atoms with E-state index in [1.165, 1.54) is 30.2 Å². The molecular weight excluding hydrogens is 324 g/mol. The Morgan fingerprint density at radius 1 is 1.20 bits per heavy atom. The second-order valence-corrected chi connectivity index (χ2v) is 5.53. The standard InChI is InChI=1S/C18H20N2O5/c1-13-4-7-15(8-5-13)25-11-10-19(2)18(21)14-6-9-17(24-3)16(12-14)20(22)23/h4-9,12H,10-11H2,1-3H3. The zero-order valence-corrected chi connectivity index (χ0v) is 14.4. The number of nitrogens with zero attached hydrogens (tertiary/aromatic N) is 2. The molecule has 0 fully saturated rings. The van der Waals surface area contributed by atoms with Crippen molar-refractivity contribution in [3.63, 3.8) is 0 Å². The van der Waals surface area contributed by atoms with Crippen LogP contribution >= 0.6 is 0 Å². The van der Waals surface area contributed by atoms with Crippen LogP contribution in [0.3, 0.4) is 0 Å². The summed E-state index contributed by atoms with van der Waals surface area (Å²) < 4.78 is 10.5. The number of hydrogen-bond acceptors (Lipinski definition) is 5. The third-order valence-electron chi connectivity index (χ3n) is 3.69. The van der Waals surface area contributed by atoms with Crippen molar-refractivity contribution in [2.45, 2.75) is 6.92 Å². The van der Waals surface area contributed by atoms with Gasteiger partial charge in [0.1, 0.15) is 12.4 Å². The molecule has 2 aromatic carbocycles. The average Bonchev–Trinajstić information content (AvgIpc) is 2.62. The van der Waals surface area contributed by atoms with E-state index in [1.807, 2.05) is 31.2 Å². The van der Waals surface area contributed by atoms with Gasteiger partial charge in [0.25, 0.3) is 5.91 Å². The van der Waals surface area contributed by atoms with Crippen LogP contribution in [0, 0.1) is 17.0 Å². The molecule has 132 valence electrons. The van der Waals surface area contributed by atoms with E-state index in [0.717, 1.165) is 11.3 Å². The summed E-state index contributed by atoms with van der Waals surface area (Å²) in [5, 5.41) is 11.1. The van der Waals surface area contributed by atoms with Gasteiger partial charge in [-0.25, -0.2) is 0 Å². The number of nitro groups is 1. The highest BCUT2D eigenvalue weighted by molar-refractivity contribution is 5.95. The molecule has 0 aromatic heterocycles. The van der Waals surface area contributed by atoms with E-state index < -0.39 is 4.92 Å². The van der Waals surface area contributed by atoms with E-state index in [2.05, 4.69) is 0 Å². The van der Waals surface area contributed by atoms with E-state index in [1.54, 1.807) is 7.05 Å². The normalized spacial score (nSPS) is 10.2. The third-order valence-corrected chi connectivity index (χ3v) is 3.69. The zero-order chi connectivity index (χ0) is 18.4. The number of nitro benzene ring substituents is 1. The summed E-state index contributed by atoms with van der Waals surface area (Å²) in [6, 6.07) is 11.8. The van der Waals surface area contributed by atoms with E-state index in [4.69, 9.17) is 9.47 Å². The number of carbonyl (C=O) groups excluding carboxylic acids is 1. The number of hydrogen-bond donors (Lipinski definition) is 0. The van der Waals surface area contributed by atoms with Gasteiger partial charge in [-0.3, -0.25) is 14.9 Å². The van der Waals surface area contributed by atoms with Gasteiger partial charge in [0.05, 0.1) is 18.6 Å². The Labute approximate surface area is 145 Å². The fourth-order valence-electron chi connectivity index (χ4n) is 2.22. The van der Waals surface area contributed by atoms with E-state index in [0.29, 0.717) is 13.2 Å². The second kappa shape index (κ2) is 8.14. The molecule has 0 radical (unpaired) electrons. The summed E-state index contributed by atoms with van der Waals surface area (Å²) in [4.78, 5) is 24.4. The van der Waals surface area contributed by atoms with Gasteiger partial charge in [0.15, 0.2) is 5.75 Å². The summed E-state index contributed by atoms with van der Waals surface area (Å²) in [7, 11) is 2.97. The molecule has 0 saturated carbocycles. The summed E-state index contributed by atoms with van der Waals surface area (Å²) in [5.74, 6) is 0.525. The van der Waals surface area contributed by atoms with Crippen molar-refractivity contribution in [1.29, 1.82) is 0 Å². The largest absolute Gasteiger partial charge is 0.492 e. The molecule has 0 saturated heterocycles. The lowest BCUT2D eigenvalue weighted by Crippen LogP contribution is -2.30. The highest BCUT2D eigenvalue weighted by Gasteiger charge is 2.20. The maximum Gasteiger partial charge on any atom is 0.311 e. The topological polar surface area (TPSA) is 81.9 Å². The molecule has 0 aliphatic heterocycles. The van der Waals surface area contributed by atoms with Gasteiger partial charge in [-0.15, -0.1) is 0 Å². The van der Waals surface area contributed by atoms with E-state index in [9.17, 15) is 14.9 Å². The summed E-state index contributed by atoms with van der Waals surface area (Å²) in [6.07, 6.45) is 0. The van der Waals surface area contributed by atoms with Crippen molar-refractivity contribution in [2.24, 2.45) is 0 Å². The summed E-state index contributed by atoms with van der Waals surface area (Å²) >= 11 is 0. The van der Waals surface area contributed by atoms with Crippen molar-refractivity contribution >= 4 is 11.6 Å². The maximum absolute atomic E-state index is 12.4.